The van der Waals surface area contributed by atoms with E-state index in [1.54, 1.807) is 0 Å². The van der Waals surface area contributed by atoms with Crippen LogP contribution >= 0.6 is 26.6 Å². The third kappa shape index (κ3) is 2.61. The van der Waals surface area contributed by atoms with E-state index >= 15 is 0 Å². The lowest BCUT2D eigenvalue weighted by molar-refractivity contribution is 0.0693. The number of phenols is 1. The van der Waals surface area contributed by atoms with Gasteiger partial charge in [-0.2, -0.15) is 0 Å². The molecule has 1 aromatic carbocycles. The van der Waals surface area contributed by atoms with Crippen molar-refractivity contribution in [2.75, 3.05) is 0 Å². The molecular formula is C7H4BrClO5S. The molecule has 0 spiro atoms. The number of hydrogen-bond acceptors (Lipinski definition) is 4. The van der Waals surface area contributed by atoms with Crippen LogP contribution in [-0.2, 0) is 9.05 Å². The fourth-order valence-corrected chi connectivity index (χ4v) is 2.49. The van der Waals surface area contributed by atoms with E-state index in [0.717, 1.165) is 12.1 Å². The molecule has 0 saturated carbocycles. The first-order chi connectivity index (χ1) is 6.73. The number of aromatic hydroxyl groups is 1. The van der Waals surface area contributed by atoms with Crippen molar-refractivity contribution in [2.45, 2.75) is 4.90 Å². The molecule has 0 aromatic heterocycles. The van der Waals surface area contributed by atoms with Gasteiger partial charge in [0.05, 0.1) is 0 Å². The Balaban J connectivity index is 3.63. The van der Waals surface area contributed by atoms with E-state index < -0.39 is 31.2 Å². The molecule has 82 valence electrons. The molecule has 0 bridgehead atoms. The summed E-state index contributed by atoms with van der Waals surface area (Å²) in [7, 11) is 0.828. The Morgan fingerprint density at radius 1 is 1.40 bits per heavy atom. The average molecular weight is 316 g/mol. The monoisotopic (exact) mass is 314 g/mol. The number of halogens is 2. The van der Waals surface area contributed by atoms with Gasteiger partial charge in [0.25, 0.3) is 9.05 Å². The predicted octanol–water partition coefficient (Wildman–Crippen LogP) is 1.78. The molecule has 15 heavy (non-hydrogen) atoms. The molecular weight excluding hydrogens is 311 g/mol. The van der Waals surface area contributed by atoms with Crippen LogP contribution < -0.4 is 0 Å². The van der Waals surface area contributed by atoms with E-state index in [9.17, 15) is 18.3 Å². The van der Waals surface area contributed by atoms with Gasteiger partial charge in [-0.05, 0) is 12.1 Å². The molecule has 0 aliphatic heterocycles. The molecule has 0 aliphatic carbocycles. The third-order valence-electron chi connectivity index (χ3n) is 1.53. The Morgan fingerprint density at radius 2 is 1.93 bits per heavy atom. The van der Waals surface area contributed by atoms with Gasteiger partial charge < -0.3 is 10.2 Å². The number of carboxylic acids is 1. The van der Waals surface area contributed by atoms with Gasteiger partial charge >= 0.3 is 5.97 Å². The molecule has 0 fully saturated rings. The molecule has 5 nitrogen and oxygen atoms in total. The van der Waals surface area contributed by atoms with E-state index in [1.807, 2.05) is 0 Å². The number of benzene rings is 1. The SMILES string of the molecule is O=C(O)c1cc(Br)cc(S(=O)(=O)Cl)c1O. The first-order valence-corrected chi connectivity index (χ1v) is 6.54. The van der Waals surface area contributed by atoms with Crippen LogP contribution in [0.3, 0.4) is 0 Å². The maximum atomic E-state index is 11.0. The van der Waals surface area contributed by atoms with Crippen LogP contribution in [0.2, 0.25) is 0 Å². The van der Waals surface area contributed by atoms with Gasteiger partial charge in [-0.1, -0.05) is 15.9 Å². The Kier molecular flexibility index (Phi) is 3.27. The smallest absolute Gasteiger partial charge is 0.339 e. The molecule has 0 saturated heterocycles. The third-order valence-corrected chi connectivity index (χ3v) is 3.33. The van der Waals surface area contributed by atoms with Gasteiger partial charge in [0.1, 0.15) is 16.2 Å². The second-order valence-electron chi connectivity index (χ2n) is 2.54. The summed E-state index contributed by atoms with van der Waals surface area (Å²) < 4.78 is 22.1. The van der Waals surface area contributed by atoms with Gasteiger partial charge in [-0.25, -0.2) is 13.2 Å². The van der Waals surface area contributed by atoms with Crippen molar-refractivity contribution in [2.24, 2.45) is 0 Å². The first kappa shape index (κ1) is 12.3. The van der Waals surface area contributed by atoms with E-state index in [2.05, 4.69) is 15.9 Å². The van der Waals surface area contributed by atoms with E-state index in [1.165, 1.54) is 0 Å². The highest BCUT2D eigenvalue weighted by atomic mass is 79.9. The summed E-state index contributed by atoms with van der Waals surface area (Å²) in [4.78, 5) is 9.99. The van der Waals surface area contributed by atoms with Crippen LogP contribution in [0.25, 0.3) is 0 Å². The highest BCUT2D eigenvalue weighted by Gasteiger charge is 2.22. The summed E-state index contributed by atoms with van der Waals surface area (Å²) in [5, 5.41) is 18.0. The van der Waals surface area contributed by atoms with Crippen molar-refractivity contribution in [1.29, 1.82) is 0 Å². The van der Waals surface area contributed by atoms with E-state index in [4.69, 9.17) is 15.8 Å². The second-order valence-corrected chi connectivity index (χ2v) is 5.99. The largest absolute Gasteiger partial charge is 0.506 e. The summed E-state index contributed by atoms with van der Waals surface area (Å²) in [6.07, 6.45) is 0. The number of carbonyl (C=O) groups is 1. The van der Waals surface area contributed by atoms with Gasteiger partial charge in [0.2, 0.25) is 0 Å². The summed E-state index contributed by atoms with van der Waals surface area (Å²) in [6.45, 7) is 0. The highest BCUT2D eigenvalue weighted by Crippen LogP contribution is 2.32. The molecule has 8 heteroatoms. The Morgan fingerprint density at radius 3 is 2.33 bits per heavy atom. The Labute approximate surface area is 97.8 Å². The maximum Gasteiger partial charge on any atom is 0.339 e. The van der Waals surface area contributed by atoms with E-state index in [0.29, 0.717) is 0 Å². The summed E-state index contributed by atoms with van der Waals surface area (Å²) in [5.74, 6) is -2.32. The van der Waals surface area contributed by atoms with Gasteiger partial charge in [-0.3, -0.25) is 0 Å². The highest BCUT2D eigenvalue weighted by molar-refractivity contribution is 9.10. The minimum absolute atomic E-state index is 0.192. The minimum Gasteiger partial charge on any atom is -0.506 e. The molecule has 0 amide bonds. The zero-order valence-corrected chi connectivity index (χ0v) is 10.1. The average Bonchev–Trinajstić information content (AvgIpc) is 2.06. The van der Waals surface area contributed by atoms with Crippen LogP contribution in [0.1, 0.15) is 10.4 Å². The van der Waals surface area contributed by atoms with Crippen molar-refractivity contribution >= 4 is 41.6 Å². The first-order valence-electron chi connectivity index (χ1n) is 3.44. The minimum atomic E-state index is -4.18. The number of aromatic carboxylic acids is 1. The molecule has 0 aliphatic rings. The normalized spacial score (nSPS) is 11.3. The lowest BCUT2D eigenvalue weighted by atomic mass is 10.2. The molecule has 0 radical (unpaired) electrons. The topological polar surface area (TPSA) is 91.7 Å². The van der Waals surface area contributed by atoms with Crippen molar-refractivity contribution in [3.63, 3.8) is 0 Å². The van der Waals surface area contributed by atoms with Gasteiger partial charge in [0, 0.05) is 15.2 Å². The van der Waals surface area contributed by atoms with E-state index in [-0.39, 0.29) is 4.47 Å². The number of carboxylic acid groups (broad SMARTS) is 1. The Hall–Kier alpha value is -0.790. The molecule has 0 atom stereocenters. The Bertz CT molecular complexity index is 524. The summed E-state index contributed by atoms with van der Waals surface area (Å²) in [6, 6.07) is 2.09. The summed E-state index contributed by atoms with van der Waals surface area (Å²) in [5.41, 5.74) is -0.538. The number of rotatable bonds is 2. The van der Waals surface area contributed by atoms with Crippen LogP contribution in [0, 0.1) is 0 Å². The fourth-order valence-electron chi connectivity index (χ4n) is 0.923. The molecule has 1 rings (SSSR count). The zero-order chi connectivity index (χ0) is 11.8. The van der Waals surface area contributed by atoms with Crippen molar-refractivity contribution in [3.05, 3.63) is 22.2 Å². The molecule has 2 N–H and O–H groups in total. The van der Waals surface area contributed by atoms with Gasteiger partial charge in [0.15, 0.2) is 0 Å². The predicted molar refractivity (Wildman–Crippen MR) is 55.8 cm³/mol. The second kappa shape index (κ2) is 3.99. The lowest BCUT2D eigenvalue weighted by Gasteiger charge is -2.05. The lowest BCUT2D eigenvalue weighted by Crippen LogP contribution is -2.01. The quantitative estimate of drug-likeness (QED) is 0.812. The standard InChI is InChI=1S/C7H4BrClO5S/c8-3-1-4(7(11)12)6(10)5(2-3)15(9,13)14/h1-2,10H,(H,11,12). The van der Waals surface area contributed by atoms with Crippen LogP contribution in [0.4, 0.5) is 0 Å². The molecule has 0 unspecified atom stereocenters. The van der Waals surface area contributed by atoms with Crippen molar-refractivity contribution < 1.29 is 23.4 Å². The van der Waals surface area contributed by atoms with Crippen LogP contribution in [-0.4, -0.2) is 24.6 Å². The van der Waals surface area contributed by atoms with Crippen LogP contribution in [0.15, 0.2) is 21.5 Å². The fraction of sp³-hybridized carbons (Fsp3) is 0. The van der Waals surface area contributed by atoms with Gasteiger partial charge in [-0.15, -0.1) is 0 Å². The van der Waals surface area contributed by atoms with Crippen molar-refractivity contribution in [3.8, 4) is 5.75 Å². The molecule has 0 heterocycles. The number of hydrogen-bond donors (Lipinski definition) is 2. The van der Waals surface area contributed by atoms with Crippen LogP contribution in [0.5, 0.6) is 5.75 Å². The zero-order valence-electron chi connectivity index (χ0n) is 6.94. The van der Waals surface area contributed by atoms with Crippen molar-refractivity contribution in [1.82, 2.24) is 0 Å². The maximum absolute atomic E-state index is 11.0. The molecule has 1 aromatic rings. The summed E-state index contributed by atoms with van der Waals surface area (Å²) >= 11 is 2.91.